The van der Waals surface area contributed by atoms with E-state index in [1.54, 1.807) is 4.90 Å². The Morgan fingerprint density at radius 3 is 2.41 bits per heavy atom. The number of aryl methyl sites for hydroxylation is 1. The molecule has 0 atom stereocenters. The molecule has 2 aromatic rings. The fourth-order valence-corrected chi connectivity index (χ4v) is 4.33. The molecule has 32 heavy (non-hydrogen) atoms. The highest BCUT2D eigenvalue weighted by molar-refractivity contribution is 5.96. The summed E-state index contributed by atoms with van der Waals surface area (Å²) in [6.45, 7) is 2.65. The van der Waals surface area contributed by atoms with E-state index in [2.05, 4.69) is 0 Å². The van der Waals surface area contributed by atoms with E-state index in [-0.39, 0.29) is 18.1 Å². The molecule has 2 aliphatic heterocycles. The van der Waals surface area contributed by atoms with E-state index < -0.39 is 22.4 Å². The van der Waals surface area contributed by atoms with Gasteiger partial charge in [0.1, 0.15) is 5.69 Å². The highest BCUT2D eigenvalue weighted by Gasteiger charge is 2.34. The number of amides is 1. The molecule has 0 aliphatic carbocycles. The summed E-state index contributed by atoms with van der Waals surface area (Å²) in [6.07, 6.45) is -2.78. The Balaban J connectivity index is 1.41. The maximum absolute atomic E-state index is 12.9. The topological polar surface area (TPSA) is 69.9 Å². The molecule has 0 saturated carbocycles. The van der Waals surface area contributed by atoms with Gasteiger partial charge in [-0.1, -0.05) is 18.2 Å². The number of hydrogen-bond acceptors (Lipinski definition) is 5. The Labute approximate surface area is 183 Å². The normalized spacial score (nSPS) is 17.2. The molecular formula is C22H23F3N4O3. The van der Waals surface area contributed by atoms with Gasteiger partial charge in [0.2, 0.25) is 5.91 Å². The Morgan fingerprint density at radius 1 is 1.00 bits per heavy atom. The lowest BCUT2D eigenvalue weighted by Gasteiger charge is -2.37. The summed E-state index contributed by atoms with van der Waals surface area (Å²) in [4.78, 5) is 29.0. The lowest BCUT2D eigenvalue weighted by atomic mass is 10.0. The third-order valence-electron chi connectivity index (χ3n) is 5.98. The third kappa shape index (κ3) is 4.55. The largest absolute Gasteiger partial charge is 0.416 e. The van der Waals surface area contributed by atoms with Gasteiger partial charge in [-0.2, -0.15) is 13.2 Å². The van der Waals surface area contributed by atoms with E-state index in [1.807, 2.05) is 34.1 Å². The molecule has 0 bridgehead atoms. The van der Waals surface area contributed by atoms with Crippen molar-refractivity contribution in [3.8, 4) is 0 Å². The molecular weight excluding hydrogens is 425 g/mol. The second kappa shape index (κ2) is 8.78. The smallest absolute Gasteiger partial charge is 0.363 e. The van der Waals surface area contributed by atoms with Crippen molar-refractivity contribution in [2.45, 2.75) is 19.0 Å². The van der Waals surface area contributed by atoms with E-state index >= 15 is 0 Å². The van der Waals surface area contributed by atoms with Crippen LogP contribution in [0.25, 0.3) is 0 Å². The second-order valence-corrected chi connectivity index (χ2v) is 8.00. The van der Waals surface area contributed by atoms with Crippen LogP contribution in [0.4, 0.5) is 30.2 Å². The van der Waals surface area contributed by atoms with Crippen LogP contribution in [0.2, 0.25) is 0 Å². The number of hydrogen-bond donors (Lipinski definition) is 0. The number of para-hydroxylation sites is 1. The molecule has 0 aromatic heterocycles. The minimum atomic E-state index is -4.64. The van der Waals surface area contributed by atoms with Crippen molar-refractivity contribution in [3.05, 3.63) is 63.7 Å². The van der Waals surface area contributed by atoms with Crippen molar-refractivity contribution in [3.63, 3.8) is 0 Å². The quantitative estimate of drug-likeness (QED) is 0.527. The number of nitrogens with zero attached hydrogens (tertiary/aromatic N) is 4. The van der Waals surface area contributed by atoms with Crippen LogP contribution in [0.3, 0.4) is 0 Å². The van der Waals surface area contributed by atoms with Gasteiger partial charge in [-0.15, -0.1) is 0 Å². The third-order valence-corrected chi connectivity index (χ3v) is 5.98. The number of fused-ring (bicyclic) bond motifs is 1. The summed E-state index contributed by atoms with van der Waals surface area (Å²) in [5.74, 6) is 0.00566. The van der Waals surface area contributed by atoms with Crippen LogP contribution in [-0.2, 0) is 17.4 Å². The zero-order valence-corrected chi connectivity index (χ0v) is 17.3. The molecule has 170 valence electrons. The maximum Gasteiger partial charge on any atom is 0.416 e. The molecule has 0 spiro atoms. The Morgan fingerprint density at radius 2 is 1.72 bits per heavy atom. The lowest BCUT2D eigenvalue weighted by Crippen LogP contribution is -2.51. The van der Waals surface area contributed by atoms with Gasteiger partial charge >= 0.3 is 6.18 Å². The van der Waals surface area contributed by atoms with Crippen LogP contribution in [0.1, 0.15) is 17.5 Å². The van der Waals surface area contributed by atoms with Crippen LogP contribution in [-0.4, -0.2) is 55.0 Å². The zero-order chi connectivity index (χ0) is 22.9. The first kappa shape index (κ1) is 22.1. The van der Waals surface area contributed by atoms with Gasteiger partial charge in [-0.3, -0.25) is 19.8 Å². The molecule has 2 aromatic carbocycles. The first-order valence-electron chi connectivity index (χ1n) is 10.5. The SMILES string of the molecule is O=C(CN1CCN(c2ccc(C(F)(F)F)cc2[N+](=O)[O-])CC1)N1CCCc2ccccc21. The summed E-state index contributed by atoms with van der Waals surface area (Å²) in [7, 11) is 0. The summed E-state index contributed by atoms with van der Waals surface area (Å²) < 4.78 is 38.8. The van der Waals surface area contributed by atoms with Gasteiger partial charge in [0.25, 0.3) is 5.69 Å². The van der Waals surface area contributed by atoms with Gasteiger partial charge in [-0.25, -0.2) is 0 Å². The summed E-state index contributed by atoms with van der Waals surface area (Å²) in [6, 6.07) is 10.5. The monoisotopic (exact) mass is 448 g/mol. The number of benzene rings is 2. The van der Waals surface area contributed by atoms with Crippen LogP contribution in [0.5, 0.6) is 0 Å². The summed E-state index contributed by atoms with van der Waals surface area (Å²) in [5, 5.41) is 11.4. The number of carbonyl (C=O) groups excluding carboxylic acids is 1. The highest BCUT2D eigenvalue weighted by atomic mass is 19.4. The predicted octanol–water partition coefficient (Wildman–Crippen LogP) is 3.72. The van der Waals surface area contributed by atoms with E-state index in [9.17, 15) is 28.1 Å². The maximum atomic E-state index is 12.9. The van der Waals surface area contributed by atoms with Crippen molar-refractivity contribution >= 4 is 23.0 Å². The summed E-state index contributed by atoms with van der Waals surface area (Å²) >= 11 is 0. The van der Waals surface area contributed by atoms with Crippen molar-refractivity contribution < 1.29 is 22.9 Å². The van der Waals surface area contributed by atoms with Gasteiger partial charge in [0, 0.05) is 44.5 Å². The second-order valence-electron chi connectivity index (χ2n) is 8.00. The van der Waals surface area contributed by atoms with Gasteiger partial charge in [-0.05, 0) is 36.6 Å². The first-order valence-corrected chi connectivity index (χ1v) is 10.5. The zero-order valence-electron chi connectivity index (χ0n) is 17.3. The van der Waals surface area contributed by atoms with E-state index in [1.165, 1.54) is 0 Å². The Kier molecular flexibility index (Phi) is 6.05. The van der Waals surface area contributed by atoms with Crippen LogP contribution >= 0.6 is 0 Å². The standard InChI is InChI=1S/C22H23F3N4O3/c23-22(24,25)17-7-8-19(20(14-17)29(31)32)27-12-10-26(11-13-27)15-21(30)28-9-3-5-16-4-1-2-6-18(16)28/h1-2,4,6-8,14H,3,5,9-13,15H2. The van der Waals surface area contributed by atoms with Crippen molar-refractivity contribution in [2.75, 3.05) is 49.1 Å². The average Bonchev–Trinajstić information content (AvgIpc) is 2.78. The average molecular weight is 448 g/mol. The molecule has 0 N–H and O–H groups in total. The van der Waals surface area contributed by atoms with Crippen molar-refractivity contribution in [1.82, 2.24) is 4.90 Å². The molecule has 1 saturated heterocycles. The summed E-state index contributed by atoms with van der Waals surface area (Å²) in [5.41, 5.74) is 0.668. The predicted molar refractivity (Wildman–Crippen MR) is 114 cm³/mol. The van der Waals surface area contributed by atoms with Crippen molar-refractivity contribution in [1.29, 1.82) is 0 Å². The van der Waals surface area contributed by atoms with E-state index in [0.29, 0.717) is 38.8 Å². The Hall–Kier alpha value is -3.14. The number of halogens is 3. The number of nitro groups is 1. The molecule has 1 amide bonds. The molecule has 4 rings (SSSR count). The molecule has 0 radical (unpaired) electrons. The van der Waals surface area contributed by atoms with Crippen LogP contribution in [0, 0.1) is 10.1 Å². The molecule has 0 unspecified atom stereocenters. The fourth-order valence-electron chi connectivity index (χ4n) is 4.33. The minimum Gasteiger partial charge on any atom is -0.363 e. The number of piperazine rings is 1. The fraction of sp³-hybridized carbons (Fsp3) is 0.409. The number of rotatable bonds is 4. The number of nitro benzene ring substituents is 1. The van der Waals surface area contributed by atoms with Gasteiger partial charge in [0.15, 0.2) is 0 Å². The number of carbonyl (C=O) groups is 1. The van der Waals surface area contributed by atoms with Crippen LogP contribution in [0.15, 0.2) is 42.5 Å². The van der Waals surface area contributed by atoms with Gasteiger partial charge in [0.05, 0.1) is 17.0 Å². The molecule has 2 aliphatic rings. The number of alkyl halides is 3. The van der Waals surface area contributed by atoms with Crippen LogP contribution < -0.4 is 9.80 Å². The molecule has 1 fully saturated rings. The number of anilines is 2. The van der Waals surface area contributed by atoms with Gasteiger partial charge < -0.3 is 9.80 Å². The Bertz CT molecular complexity index is 1020. The molecule has 2 heterocycles. The van der Waals surface area contributed by atoms with Crippen molar-refractivity contribution in [2.24, 2.45) is 0 Å². The first-order chi connectivity index (χ1) is 15.2. The van der Waals surface area contributed by atoms with E-state index in [4.69, 9.17) is 0 Å². The van der Waals surface area contributed by atoms with E-state index in [0.717, 1.165) is 36.2 Å². The minimum absolute atomic E-state index is 0.00566. The molecule has 7 nitrogen and oxygen atoms in total. The lowest BCUT2D eigenvalue weighted by molar-refractivity contribution is -0.384. The highest BCUT2D eigenvalue weighted by Crippen LogP contribution is 2.36. The molecule has 10 heteroatoms.